The summed E-state index contributed by atoms with van der Waals surface area (Å²) in [5, 5.41) is 3.33. The van der Waals surface area contributed by atoms with Gasteiger partial charge >= 0.3 is 0 Å². The molecule has 0 radical (unpaired) electrons. The average molecular weight is 285 g/mol. The zero-order valence-electron chi connectivity index (χ0n) is 11.4. The predicted molar refractivity (Wildman–Crippen MR) is 78.0 cm³/mol. The van der Waals surface area contributed by atoms with Gasteiger partial charge in [-0.15, -0.1) is 12.4 Å². The summed E-state index contributed by atoms with van der Waals surface area (Å²) in [4.78, 5) is 14.1. The van der Waals surface area contributed by atoms with Crippen LogP contribution in [0.25, 0.3) is 0 Å². The number of halogens is 1. The summed E-state index contributed by atoms with van der Waals surface area (Å²) in [7, 11) is 1.64. The van der Waals surface area contributed by atoms with E-state index in [-0.39, 0.29) is 18.3 Å². The van der Waals surface area contributed by atoms with Gasteiger partial charge in [0.25, 0.3) is 0 Å². The summed E-state index contributed by atoms with van der Waals surface area (Å²) in [6.07, 6.45) is 0.413. The molecule has 106 valence electrons. The lowest BCUT2D eigenvalue weighted by Crippen LogP contribution is -2.51. The Morgan fingerprint density at radius 2 is 2.21 bits per heavy atom. The molecule has 1 aliphatic heterocycles. The average Bonchev–Trinajstić information content (AvgIpc) is 2.39. The molecule has 1 heterocycles. The number of carbonyl (C=O) groups is 1. The van der Waals surface area contributed by atoms with Crippen molar-refractivity contribution in [1.82, 2.24) is 10.2 Å². The number of piperazine rings is 1. The molecule has 1 amide bonds. The molecule has 1 N–H and O–H groups in total. The van der Waals surface area contributed by atoms with E-state index < -0.39 is 0 Å². The van der Waals surface area contributed by atoms with Crippen LogP contribution in [-0.4, -0.2) is 43.6 Å². The highest BCUT2D eigenvalue weighted by Crippen LogP contribution is 2.18. The van der Waals surface area contributed by atoms with Crippen LogP contribution >= 0.6 is 12.4 Å². The van der Waals surface area contributed by atoms with Crippen molar-refractivity contribution in [1.29, 1.82) is 0 Å². The van der Waals surface area contributed by atoms with Crippen LogP contribution in [0.2, 0.25) is 0 Å². The second kappa shape index (κ2) is 7.36. The van der Waals surface area contributed by atoms with Gasteiger partial charge in [-0.25, -0.2) is 0 Å². The van der Waals surface area contributed by atoms with E-state index in [0.717, 1.165) is 30.9 Å². The number of ether oxygens (including phenoxy) is 1. The first kappa shape index (κ1) is 15.8. The van der Waals surface area contributed by atoms with E-state index in [9.17, 15) is 4.79 Å². The quantitative estimate of drug-likeness (QED) is 0.914. The van der Waals surface area contributed by atoms with Gasteiger partial charge in [0.1, 0.15) is 5.75 Å². The third kappa shape index (κ3) is 4.11. The van der Waals surface area contributed by atoms with Crippen LogP contribution in [0.15, 0.2) is 24.3 Å². The van der Waals surface area contributed by atoms with Gasteiger partial charge in [-0.1, -0.05) is 18.2 Å². The Labute approximate surface area is 120 Å². The molecule has 1 atom stereocenters. The van der Waals surface area contributed by atoms with Crippen LogP contribution in [0.3, 0.4) is 0 Å². The standard InChI is InChI=1S/C14H20N2O2.ClH/c1-11-10-16(8-7-15-11)14(17)9-12-5-3-4-6-13(12)18-2;/h3-6,11,15H,7-10H2,1-2H3;1H/t11-;/m1./s1. The maximum atomic E-state index is 12.2. The van der Waals surface area contributed by atoms with E-state index in [1.54, 1.807) is 7.11 Å². The van der Waals surface area contributed by atoms with Crippen molar-refractivity contribution >= 4 is 18.3 Å². The molecule has 0 saturated carbocycles. The zero-order chi connectivity index (χ0) is 13.0. The van der Waals surface area contributed by atoms with Gasteiger partial charge in [0.05, 0.1) is 13.5 Å². The number of hydrogen-bond acceptors (Lipinski definition) is 3. The third-order valence-electron chi connectivity index (χ3n) is 3.26. The van der Waals surface area contributed by atoms with Gasteiger partial charge in [0, 0.05) is 31.2 Å². The van der Waals surface area contributed by atoms with Crippen LogP contribution in [0.1, 0.15) is 12.5 Å². The van der Waals surface area contributed by atoms with Gasteiger partial charge in [-0.2, -0.15) is 0 Å². The number of nitrogens with zero attached hydrogens (tertiary/aromatic N) is 1. The summed E-state index contributed by atoms with van der Waals surface area (Å²) >= 11 is 0. The number of benzene rings is 1. The smallest absolute Gasteiger partial charge is 0.227 e. The van der Waals surface area contributed by atoms with Gasteiger partial charge in [-0.3, -0.25) is 4.79 Å². The summed E-state index contributed by atoms with van der Waals surface area (Å²) in [5.41, 5.74) is 0.955. The second-order valence-electron chi connectivity index (χ2n) is 4.68. The molecular formula is C14H21ClN2O2. The van der Waals surface area contributed by atoms with Gasteiger partial charge < -0.3 is 15.0 Å². The summed E-state index contributed by atoms with van der Waals surface area (Å²) in [6, 6.07) is 8.07. The van der Waals surface area contributed by atoms with Gasteiger partial charge in [0.2, 0.25) is 5.91 Å². The fraction of sp³-hybridized carbons (Fsp3) is 0.500. The minimum atomic E-state index is 0. The molecule has 0 spiro atoms. The van der Waals surface area contributed by atoms with Crippen LogP contribution < -0.4 is 10.1 Å². The van der Waals surface area contributed by atoms with Gasteiger partial charge in [-0.05, 0) is 13.0 Å². The number of nitrogens with one attached hydrogen (secondary N) is 1. The Bertz CT molecular complexity index is 426. The highest BCUT2D eigenvalue weighted by molar-refractivity contribution is 5.85. The molecule has 1 aromatic rings. The van der Waals surface area contributed by atoms with Crippen LogP contribution in [0, 0.1) is 0 Å². The number of hydrogen-bond donors (Lipinski definition) is 1. The van der Waals surface area contributed by atoms with Crippen molar-refractivity contribution in [3.63, 3.8) is 0 Å². The molecule has 2 rings (SSSR count). The Kier molecular flexibility index (Phi) is 6.12. The molecular weight excluding hydrogens is 264 g/mol. The molecule has 0 unspecified atom stereocenters. The molecule has 4 nitrogen and oxygen atoms in total. The summed E-state index contributed by atoms with van der Waals surface area (Å²) < 4.78 is 5.27. The third-order valence-corrected chi connectivity index (χ3v) is 3.26. The number of rotatable bonds is 3. The van der Waals surface area contributed by atoms with Crippen molar-refractivity contribution in [3.8, 4) is 5.75 Å². The molecule has 0 aromatic heterocycles. The number of methoxy groups -OCH3 is 1. The first-order chi connectivity index (χ1) is 8.70. The molecule has 0 aliphatic carbocycles. The van der Waals surface area contributed by atoms with E-state index in [4.69, 9.17) is 4.74 Å². The maximum Gasteiger partial charge on any atom is 0.227 e. The summed E-state index contributed by atoms with van der Waals surface area (Å²) in [6.45, 7) is 4.55. The highest BCUT2D eigenvalue weighted by Gasteiger charge is 2.21. The Morgan fingerprint density at radius 1 is 1.47 bits per heavy atom. The van der Waals surface area contributed by atoms with Crippen molar-refractivity contribution in [3.05, 3.63) is 29.8 Å². The number of para-hydroxylation sites is 1. The predicted octanol–water partition coefficient (Wildman–Crippen LogP) is 1.48. The van der Waals surface area contributed by atoms with Crippen molar-refractivity contribution in [2.24, 2.45) is 0 Å². The number of amides is 1. The number of carbonyl (C=O) groups excluding carboxylic acids is 1. The van der Waals surface area contributed by atoms with E-state index in [0.29, 0.717) is 12.5 Å². The normalized spacial score (nSPS) is 18.6. The fourth-order valence-electron chi connectivity index (χ4n) is 2.28. The molecule has 1 aromatic carbocycles. The second-order valence-corrected chi connectivity index (χ2v) is 4.68. The lowest BCUT2D eigenvalue weighted by atomic mass is 10.1. The molecule has 1 fully saturated rings. The molecule has 19 heavy (non-hydrogen) atoms. The topological polar surface area (TPSA) is 41.6 Å². The van der Waals surface area contributed by atoms with Crippen LogP contribution in [-0.2, 0) is 11.2 Å². The lowest BCUT2D eigenvalue weighted by Gasteiger charge is -2.32. The van der Waals surface area contributed by atoms with E-state index in [2.05, 4.69) is 12.2 Å². The Hall–Kier alpha value is -1.26. The van der Waals surface area contributed by atoms with Crippen LogP contribution in [0.5, 0.6) is 5.75 Å². The van der Waals surface area contributed by atoms with Crippen molar-refractivity contribution < 1.29 is 9.53 Å². The van der Waals surface area contributed by atoms with Crippen LogP contribution in [0.4, 0.5) is 0 Å². The monoisotopic (exact) mass is 284 g/mol. The largest absolute Gasteiger partial charge is 0.496 e. The Morgan fingerprint density at radius 3 is 2.89 bits per heavy atom. The van der Waals surface area contributed by atoms with E-state index in [1.165, 1.54) is 0 Å². The van der Waals surface area contributed by atoms with Crippen molar-refractivity contribution in [2.75, 3.05) is 26.7 Å². The minimum absolute atomic E-state index is 0. The van der Waals surface area contributed by atoms with Gasteiger partial charge in [0.15, 0.2) is 0 Å². The molecule has 1 saturated heterocycles. The van der Waals surface area contributed by atoms with E-state index >= 15 is 0 Å². The summed E-state index contributed by atoms with van der Waals surface area (Å²) in [5.74, 6) is 0.960. The van der Waals surface area contributed by atoms with E-state index in [1.807, 2.05) is 29.2 Å². The highest BCUT2D eigenvalue weighted by atomic mass is 35.5. The molecule has 1 aliphatic rings. The fourth-order valence-corrected chi connectivity index (χ4v) is 2.28. The molecule has 5 heteroatoms. The van der Waals surface area contributed by atoms with Crippen molar-refractivity contribution in [2.45, 2.75) is 19.4 Å². The lowest BCUT2D eigenvalue weighted by molar-refractivity contribution is -0.131. The first-order valence-electron chi connectivity index (χ1n) is 6.33. The molecule has 0 bridgehead atoms. The zero-order valence-corrected chi connectivity index (χ0v) is 12.2. The maximum absolute atomic E-state index is 12.2. The first-order valence-corrected chi connectivity index (χ1v) is 6.33. The Balaban J connectivity index is 0.00000180. The minimum Gasteiger partial charge on any atom is -0.496 e. The SMILES string of the molecule is COc1ccccc1CC(=O)N1CCN[C@H](C)C1.Cl.